The SMILES string of the molecule is CCC/C=C/C(NC(=S)N[C@@H]1CCCCC1N=Cc1cc(OC(=O)C(C)(C)C)cc(C(C)(C)C)c1O)C(=O)N(C)C. The number of likely N-dealkylation sites (N-methyl/N-ethyl adjacent to an activating group) is 1. The largest absolute Gasteiger partial charge is 0.507 e. The van der Waals surface area contributed by atoms with Gasteiger partial charge in [0.15, 0.2) is 5.11 Å². The lowest BCUT2D eigenvalue weighted by Gasteiger charge is -2.31. The molecule has 1 aliphatic carbocycles. The van der Waals surface area contributed by atoms with E-state index in [2.05, 4.69) is 17.6 Å². The molecular formula is C32H50N4O4S. The molecule has 0 saturated heterocycles. The molecule has 228 valence electrons. The molecule has 1 saturated carbocycles. The molecule has 3 atom stereocenters. The number of phenolic OH excluding ortho intramolecular Hbond substituents is 1. The first-order valence-corrected chi connectivity index (χ1v) is 15.0. The first kappa shape index (κ1) is 34.3. The average molecular weight is 587 g/mol. The molecule has 0 spiro atoms. The molecule has 0 bridgehead atoms. The van der Waals surface area contributed by atoms with Crippen molar-refractivity contribution in [3.8, 4) is 11.5 Å². The smallest absolute Gasteiger partial charge is 0.316 e. The van der Waals surface area contributed by atoms with Crippen LogP contribution in [-0.2, 0) is 15.0 Å². The number of unbranched alkanes of at least 4 members (excludes halogenated alkanes) is 1. The van der Waals surface area contributed by atoms with Gasteiger partial charge in [0, 0.05) is 31.4 Å². The normalized spacial score (nSPS) is 18.8. The fourth-order valence-corrected chi connectivity index (χ4v) is 4.75. The Morgan fingerprint density at radius 2 is 1.83 bits per heavy atom. The number of aliphatic imine (C=N–C) groups is 1. The summed E-state index contributed by atoms with van der Waals surface area (Å²) < 4.78 is 5.70. The maximum absolute atomic E-state index is 12.7. The Hall–Kier alpha value is -2.94. The predicted octanol–water partition coefficient (Wildman–Crippen LogP) is 5.65. The first-order chi connectivity index (χ1) is 19.0. The van der Waals surface area contributed by atoms with Gasteiger partial charge in [-0.2, -0.15) is 0 Å². The maximum atomic E-state index is 12.7. The average Bonchev–Trinajstić information content (AvgIpc) is 2.87. The van der Waals surface area contributed by atoms with Crippen LogP contribution in [0, 0.1) is 5.41 Å². The van der Waals surface area contributed by atoms with Gasteiger partial charge in [-0.05, 0) is 69.8 Å². The zero-order valence-electron chi connectivity index (χ0n) is 26.3. The fourth-order valence-electron chi connectivity index (χ4n) is 4.47. The molecular weight excluding hydrogens is 536 g/mol. The summed E-state index contributed by atoms with van der Waals surface area (Å²) in [6.07, 6.45) is 11.2. The highest BCUT2D eigenvalue weighted by molar-refractivity contribution is 7.80. The summed E-state index contributed by atoms with van der Waals surface area (Å²) in [7, 11) is 3.46. The van der Waals surface area contributed by atoms with Crippen molar-refractivity contribution in [1.29, 1.82) is 0 Å². The van der Waals surface area contributed by atoms with Gasteiger partial charge in [0.1, 0.15) is 17.5 Å². The van der Waals surface area contributed by atoms with Crippen LogP contribution < -0.4 is 15.4 Å². The number of allylic oxidation sites excluding steroid dienone is 1. The summed E-state index contributed by atoms with van der Waals surface area (Å²) in [5.41, 5.74) is 0.130. The molecule has 1 aromatic rings. The van der Waals surface area contributed by atoms with Gasteiger partial charge in [0.25, 0.3) is 0 Å². The van der Waals surface area contributed by atoms with E-state index in [-0.39, 0.29) is 35.1 Å². The van der Waals surface area contributed by atoms with Crippen molar-refractivity contribution in [2.45, 2.75) is 111 Å². The number of rotatable bonds is 9. The number of nitrogens with one attached hydrogen (secondary N) is 2. The van der Waals surface area contributed by atoms with Crippen LogP contribution in [0.25, 0.3) is 0 Å². The number of phenols is 1. The number of aromatic hydroxyl groups is 1. The summed E-state index contributed by atoms with van der Waals surface area (Å²) in [6.45, 7) is 13.5. The molecule has 1 fully saturated rings. The molecule has 41 heavy (non-hydrogen) atoms. The van der Waals surface area contributed by atoms with E-state index in [1.54, 1.807) is 58.1 Å². The highest BCUT2D eigenvalue weighted by Crippen LogP contribution is 2.37. The van der Waals surface area contributed by atoms with E-state index in [0.717, 1.165) is 38.5 Å². The van der Waals surface area contributed by atoms with Gasteiger partial charge >= 0.3 is 5.97 Å². The number of esters is 1. The van der Waals surface area contributed by atoms with Crippen molar-refractivity contribution in [2.24, 2.45) is 10.4 Å². The van der Waals surface area contributed by atoms with Crippen LogP contribution in [0.2, 0.25) is 0 Å². The molecule has 3 N–H and O–H groups in total. The van der Waals surface area contributed by atoms with Gasteiger partial charge in [-0.1, -0.05) is 59.1 Å². The van der Waals surface area contributed by atoms with Gasteiger partial charge < -0.3 is 25.4 Å². The van der Waals surface area contributed by atoms with Crippen molar-refractivity contribution >= 4 is 35.4 Å². The van der Waals surface area contributed by atoms with Crippen molar-refractivity contribution < 1.29 is 19.4 Å². The second kappa shape index (κ2) is 14.8. The summed E-state index contributed by atoms with van der Waals surface area (Å²) in [5, 5.41) is 18.1. The molecule has 9 heteroatoms. The van der Waals surface area contributed by atoms with Crippen LogP contribution in [0.5, 0.6) is 11.5 Å². The van der Waals surface area contributed by atoms with Gasteiger partial charge in [0.05, 0.1) is 17.5 Å². The third-order valence-corrected chi connectivity index (χ3v) is 7.21. The summed E-state index contributed by atoms with van der Waals surface area (Å²) in [6, 6.07) is 2.73. The number of hydrogen-bond donors (Lipinski definition) is 3. The Labute approximate surface area is 252 Å². The molecule has 2 unspecified atom stereocenters. The lowest BCUT2D eigenvalue weighted by Crippen LogP contribution is -2.53. The highest BCUT2D eigenvalue weighted by atomic mass is 32.1. The van der Waals surface area contributed by atoms with E-state index >= 15 is 0 Å². The van der Waals surface area contributed by atoms with E-state index in [1.807, 2.05) is 32.9 Å². The minimum Gasteiger partial charge on any atom is -0.507 e. The first-order valence-electron chi connectivity index (χ1n) is 14.6. The van der Waals surface area contributed by atoms with Gasteiger partial charge in [-0.15, -0.1) is 0 Å². The molecule has 1 amide bonds. The van der Waals surface area contributed by atoms with Crippen LogP contribution in [0.3, 0.4) is 0 Å². The molecule has 0 heterocycles. The van der Waals surface area contributed by atoms with Gasteiger partial charge in [0.2, 0.25) is 5.91 Å². The Balaban J connectivity index is 2.28. The van der Waals surface area contributed by atoms with E-state index in [9.17, 15) is 14.7 Å². The second-order valence-electron chi connectivity index (χ2n) is 13.1. The van der Waals surface area contributed by atoms with Gasteiger partial charge in [-0.3, -0.25) is 14.6 Å². The van der Waals surface area contributed by atoms with E-state index in [0.29, 0.717) is 22.0 Å². The van der Waals surface area contributed by atoms with Crippen molar-refractivity contribution in [1.82, 2.24) is 15.5 Å². The Morgan fingerprint density at radius 3 is 2.41 bits per heavy atom. The Kier molecular flexibility index (Phi) is 12.4. The minimum absolute atomic E-state index is 0.0270. The van der Waals surface area contributed by atoms with Crippen molar-refractivity contribution in [3.05, 3.63) is 35.4 Å². The number of carbonyl (C=O) groups excluding carboxylic acids is 2. The molecule has 1 aliphatic rings. The Bertz CT molecular complexity index is 1130. The zero-order chi connectivity index (χ0) is 31.0. The van der Waals surface area contributed by atoms with Crippen molar-refractivity contribution in [3.63, 3.8) is 0 Å². The van der Waals surface area contributed by atoms with Crippen LogP contribution >= 0.6 is 12.2 Å². The molecule has 2 rings (SSSR count). The topological polar surface area (TPSA) is 103 Å². The molecule has 8 nitrogen and oxygen atoms in total. The molecule has 0 aliphatic heterocycles. The van der Waals surface area contributed by atoms with Crippen LogP contribution in [-0.4, -0.2) is 65.4 Å². The van der Waals surface area contributed by atoms with Crippen LogP contribution in [0.15, 0.2) is 29.3 Å². The van der Waals surface area contributed by atoms with Crippen molar-refractivity contribution in [2.75, 3.05) is 14.1 Å². The summed E-state index contributed by atoms with van der Waals surface area (Å²) >= 11 is 5.63. The highest BCUT2D eigenvalue weighted by Gasteiger charge is 2.28. The van der Waals surface area contributed by atoms with Crippen LogP contribution in [0.1, 0.15) is 98.1 Å². The monoisotopic (exact) mass is 586 g/mol. The quantitative estimate of drug-likeness (QED) is 0.113. The maximum Gasteiger partial charge on any atom is 0.316 e. The van der Waals surface area contributed by atoms with Crippen LogP contribution in [0.4, 0.5) is 0 Å². The summed E-state index contributed by atoms with van der Waals surface area (Å²) in [5.74, 6) is 0.0831. The molecule has 0 radical (unpaired) electrons. The third-order valence-electron chi connectivity index (χ3n) is 6.97. The fraction of sp³-hybridized carbons (Fsp3) is 0.625. The Morgan fingerprint density at radius 1 is 1.17 bits per heavy atom. The number of hydrogen-bond acceptors (Lipinski definition) is 6. The number of ether oxygens (including phenoxy) is 1. The number of nitrogens with zero attached hydrogens (tertiary/aromatic N) is 2. The minimum atomic E-state index is -0.663. The number of amides is 1. The molecule has 1 aromatic carbocycles. The number of thiocarbonyl (C=S) groups is 1. The lowest BCUT2D eigenvalue weighted by atomic mass is 9.85. The summed E-state index contributed by atoms with van der Waals surface area (Å²) in [4.78, 5) is 31.7. The standard InChI is InChI=1S/C32H50N4O4S/c1-10-11-12-17-26(28(38)36(8)9)35-30(41)34-25-16-14-13-15-24(25)33-20-21-18-22(40-29(39)32(5,6)7)19-23(27(21)37)31(2,3)4/h12,17-20,24-26,37H,10-11,13-16H2,1-9H3,(H2,34,35,41)/b17-12+,33-20?/t24?,25-,26?/m1/s1. The zero-order valence-corrected chi connectivity index (χ0v) is 27.2. The van der Waals surface area contributed by atoms with E-state index < -0.39 is 11.5 Å². The lowest BCUT2D eigenvalue weighted by molar-refractivity contribution is -0.143. The third kappa shape index (κ3) is 10.4. The van der Waals surface area contributed by atoms with E-state index in [1.165, 1.54) is 0 Å². The predicted molar refractivity (Wildman–Crippen MR) is 171 cm³/mol. The second-order valence-corrected chi connectivity index (χ2v) is 13.5. The number of benzene rings is 1. The van der Waals surface area contributed by atoms with Gasteiger partial charge in [-0.25, -0.2) is 0 Å². The van der Waals surface area contributed by atoms with E-state index in [4.69, 9.17) is 21.9 Å². The molecule has 0 aromatic heterocycles. The number of carbonyl (C=O) groups is 2.